The lowest BCUT2D eigenvalue weighted by Gasteiger charge is -2.41. The number of aliphatic hydroxyl groups is 5. The second kappa shape index (κ2) is 36.5. The van der Waals surface area contributed by atoms with Crippen molar-refractivity contribution in [2.45, 2.75) is 204 Å². The van der Waals surface area contributed by atoms with Gasteiger partial charge in [-0.2, -0.15) is 0 Å². The Kier molecular flexibility index (Phi) is 33.7. The smallest absolute Gasteiger partial charge is 0.462 e. The first-order valence-corrected chi connectivity index (χ1v) is 24.5. The van der Waals surface area contributed by atoms with E-state index in [9.17, 15) is 49.4 Å². The normalized spacial score (nSPS) is 22.3. The Morgan fingerprint density at radius 2 is 1.03 bits per heavy atom. The Bertz CT molecular complexity index is 1380. The zero-order chi connectivity index (χ0) is 45.9. The number of phosphoric acid groups is 1. The molecule has 0 radical (unpaired) electrons. The summed E-state index contributed by atoms with van der Waals surface area (Å²) in [6.07, 6.45) is 27.0. The number of ether oxygens (including phenoxy) is 2. The van der Waals surface area contributed by atoms with E-state index < -0.39 is 75.7 Å². The number of allylic oxidation sites excluding steroid dienone is 10. The summed E-state index contributed by atoms with van der Waals surface area (Å²) in [6, 6.07) is 0. The van der Waals surface area contributed by atoms with Gasteiger partial charge >= 0.3 is 19.8 Å². The van der Waals surface area contributed by atoms with Crippen molar-refractivity contribution in [3.63, 3.8) is 0 Å². The predicted octanol–water partition coefficient (Wildman–Crippen LogP) is 8.12. The maximum Gasteiger partial charge on any atom is 0.472 e. The SMILES string of the molecule is CCCCC/C=C\C/C=C\C/C=C\C=C\C(=O)CCCC(=O)OC[C@H](COP(=O)(O)OC1[C@H](O)[C@H](O)C(O)[C@H](O)[C@H]1O)OC(=O)CCCCCCCCC/C=C\CCCCCC. The minimum Gasteiger partial charge on any atom is -0.462 e. The van der Waals surface area contributed by atoms with Crippen molar-refractivity contribution in [1.82, 2.24) is 0 Å². The van der Waals surface area contributed by atoms with Crippen molar-refractivity contribution in [3.05, 3.63) is 60.8 Å². The molecule has 0 aromatic carbocycles. The number of esters is 2. The van der Waals surface area contributed by atoms with Gasteiger partial charge in [-0.3, -0.25) is 23.4 Å². The zero-order valence-electron chi connectivity index (χ0n) is 37.4. The monoisotopic (exact) mass is 899 g/mol. The van der Waals surface area contributed by atoms with Gasteiger partial charge in [-0.25, -0.2) is 4.57 Å². The Hall–Kier alpha value is -2.78. The number of phosphoric ester groups is 1. The van der Waals surface area contributed by atoms with Gasteiger partial charge in [0.1, 0.15) is 43.2 Å². The van der Waals surface area contributed by atoms with Crippen LogP contribution in [0, 0.1) is 0 Å². The molecule has 356 valence electrons. The van der Waals surface area contributed by atoms with Gasteiger partial charge in [0.25, 0.3) is 0 Å². The molecule has 15 heteroatoms. The highest BCUT2D eigenvalue weighted by Gasteiger charge is 2.51. The van der Waals surface area contributed by atoms with Crippen LogP contribution in [0.25, 0.3) is 0 Å². The lowest BCUT2D eigenvalue weighted by atomic mass is 9.85. The molecule has 0 spiro atoms. The molecule has 0 bridgehead atoms. The van der Waals surface area contributed by atoms with Crippen molar-refractivity contribution in [3.8, 4) is 0 Å². The first kappa shape index (κ1) is 57.2. The van der Waals surface area contributed by atoms with E-state index in [-0.39, 0.29) is 31.5 Å². The van der Waals surface area contributed by atoms with E-state index >= 15 is 0 Å². The minimum atomic E-state index is -5.18. The third kappa shape index (κ3) is 28.8. The second-order valence-corrected chi connectivity index (χ2v) is 17.3. The molecule has 1 rings (SSSR count). The summed E-state index contributed by atoms with van der Waals surface area (Å²) in [7, 11) is -5.18. The molecule has 1 aliphatic carbocycles. The first-order valence-electron chi connectivity index (χ1n) is 23.0. The van der Waals surface area contributed by atoms with E-state index in [1.807, 2.05) is 6.08 Å². The van der Waals surface area contributed by atoms with Gasteiger partial charge in [0.2, 0.25) is 0 Å². The van der Waals surface area contributed by atoms with Crippen molar-refractivity contribution in [1.29, 1.82) is 0 Å². The molecule has 3 unspecified atom stereocenters. The lowest BCUT2D eigenvalue weighted by Crippen LogP contribution is -2.64. The Morgan fingerprint density at radius 3 is 1.66 bits per heavy atom. The van der Waals surface area contributed by atoms with Crippen LogP contribution in [0.2, 0.25) is 0 Å². The third-order valence-corrected chi connectivity index (χ3v) is 11.3. The molecule has 1 aliphatic rings. The summed E-state index contributed by atoms with van der Waals surface area (Å²) in [6.45, 7) is 3.03. The van der Waals surface area contributed by atoms with Crippen LogP contribution in [-0.4, -0.2) is 104 Å². The van der Waals surface area contributed by atoms with Gasteiger partial charge < -0.3 is 39.9 Å². The quantitative estimate of drug-likeness (QED) is 0.00865. The van der Waals surface area contributed by atoms with Gasteiger partial charge in [0.15, 0.2) is 11.9 Å². The molecule has 0 saturated heterocycles. The Morgan fingerprint density at radius 1 is 0.548 bits per heavy atom. The number of ketones is 1. The summed E-state index contributed by atoms with van der Waals surface area (Å²) < 4.78 is 33.3. The number of hydrogen-bond donors (Lipinski definition) is 6. The molecule has 0 aromatic heterocycles. The fourth-order valence-electron chi connectivity index (χ4n) is 6.53. The van der Waals surface area contributed by atoms with Crippen LogP contribution < -0.4 is 0 Å². The van der Waals surface area contributed by atoms with Gasteiger partial charge in [-0.15, -0.1) is 0 Å². The molecule has 0 aromatic rings. The second-order valence-electron chi connectivity index (χ2n) is 15.9. The standard InChI is InChI=1S/C47H79O14P/c1-3-5-7-9-11-13-15-17-18-20-22-24-26-28-30-34-41(50)60-39(37-59-62(56,57)61-47-45(54)43(52)42(51)44(53)46(47)55)36-58-40(49)35-31-33-38(48)32-29-27-25-23-21-19-16-14-12-10-8-6-4-2/h12-15,19,21,25,27,29,32,39,42-47,51-55H,3-11,16-18,20,22-24,26,28,30-31,33-37H2,1-2H3,(H,56,57)/b14-12-,15-13-,21-19-,27-25-,32-29+/t39-,42?,43-,44+,45-,46-,47?/m1/s1. The maximum atomic E-state index is 12.8. The van der Waals surface area contributed by atoms with Gasteiger partial charge in [-0.05, 0) is 70.3 Å². The predicted molar refractivity (Wildman–Crippen MR) is 240 cm³/mol. The zero-order valence-corrected chi connectivity index (χ0v) is 38.3. The molecule has 1 fully saturated rings. The summed E-state index contributed by atoms with van der Waals surface area (Å²) in [5.74, 6) is -1.54. The van der Waals surface area contributed by atoms with E-state index in [2.05, 4.69) is 50.3 Å². The summed E-state index contributed by atoms with van der Waals surface area (Å²) in [5, 5.41) is 50.1. The lowest BCUT2D eigenvalue weighted by molar-refractivity contribution is -0.220. The molecule has 8 atom stereocenters. The van der Waals surface area contributed by atoms with E-state index in [1.54, 1.807) is 12.2 Å². The van der Waals surface area contributed by atoms with Gasteiger partial charge in [0.05, 0.1) is 6.61 Å². The summed E-state index contributed by atoms with van der Waals surface area (Å²) in [5.41, 5.74) is 0. The molecule has 62 heavy (non-hydrogen) atoms. The average Bonchev–Trinajstić information content (AvgIpc) is 3.25. The first-order chi connectivity index (χ1) is 29.8. The van der Waals surface area contributed by atoms with Crippen molar-refractivity contribution in [2.24, 2.45) is 0 Å². The highest BCUT2D eigenvalue weighted by atomic mass is 31.2. The molecule has 6 N–H and O–H groups in total. The maximum absolute atomic E-state index is 12.8. The molecule has 0 amide bonds. The van der Waals surface area contributed by atoms with Crippen LogP contribution in [0.5, 0.6) is 0 Å². The van der Waals surface area contributed by atoms with Gasteiger partial charge in [-0.1, -0.05) is 133 Å². The number of carbonyl (C=O) groups excluding carboxylic acids is 3. The Balaban J connectivity index is 2.56. The number of unbranched alkanes of at least 4 members (excludes halogenated alkanes) is 14. The average molecular weight is 899 g/mol. The number of aliphatic hydroxyl groups excluding tert-OH is 5. The molecule has 14 nitrogen and oxygen atoms in total. The van der Waals surface area contributed by atoms with Crippen LogP contribution in [0.1, 0.15) is 162 Å². The van der Waals surface area contributed by atoms with Crippen LogP contribution in [-0.2, 0) is 37.5 Å². The Labute approximate surface area is 370 Å². The molecule has 1 saturated carbocycles. The minimum absolute atomic E-state index is 0.0394. The van der Waals surface area contributed by atoms with E-state index in [0.717, 1.165) is 70.6 Å². The van der Waals surface area contributed by atoms with Crippen molar-refractivity contribution in [2.75, 3.05) is 13.2 Å². The summed E-state index contributed by atoms with van der Waals surface area (Å²) >= 11 is 0. The number of carbonyl (C=O) groups is 3. The molecule has 0 heterocycles. The van der Waals surface area contributed by atoms with Crippen LogP contribution in [0.4, 0.5) is 0 Å². The van der Waals surface area contributed by atoms with Crippen LogP contribution in [0.3, 0.4) is 0 Å². The van der Waals surface area contributed by atoms with E-state index in [1.165, 1.54) is 51.0 Å². The fraction of sp³-hybridized carbons (Fsp3) is 0.723. The largest absolute Gasteiger partial charge is 0.472 e. The van der Waals surface area contributed by atoms with Crippen LogP contribution in [0.15, 0.2) is 60.8 Å². The number of hydrogen-bond acceptors (Lipinski definition) is 13. The molecular formula is C47H79O14P. The third-order valence-electron chi connectivity index (χ3n) is 10.3. The highest BCUT2D eigenvalue weighted by Crippen LogP contribution is 2.47. The van der Waals surface area contributed by atoms with Crippen molar-refractivity contribution >= 4 is 25.5 Å². The fourth-order valence-corrected chi connectivity index (χ4v) is 7.50. The molecule has 0 aliphatic heterocycles. The number of rotatable bonds is 37. The highest BCUT2D eigenvalue weighted by molar-refractivity contribution is 7.47. The van der Waals surface area contributed by atoms with Gasteiger partial charge in [0, 0.05) is 19.3 Å². The van der Waals surface area contributed by atoms with E-state index in [0.29, 0.717) is 6.42 Å². The topological polar surface area (TPSA) is 227 Å². The van der Waals surface area contributed by atoms with Crippen molar-refractivity contribution < 1.29 is 67.9 Å². The summed E-state index contributed by atoms with van der Waals surface area (Å²) in [4.78, 5) is 47.9. The van der Waals surface area contributed by atoms with E-state index in [4.69, 9.17) is 18.5 Å². The van der Waals surface area contributed by atoms with Crippen LogP contribution >= 0.6 is 7.82 Å². The molecular weight excluding hydrogens is 819 g/mol.